The molecule has 0 aromatic carbocycles. The molecule has 1 aromatic heterocycles. The second-order valence-corrected chi connectivity index (χ2v) is 5.46. The lowest BCUT2D eigenvalue weighted by molar-refractivity contribution is 0.635. The summed E-state index contributed by atoms with van der Waals surface area (Å²) in [5, 5.41) is 7.00. The predicted octanol–water partition coefficient (Wildman–Crippen LogP) is 2.52. The second-order valence-electron chi connectivity index (χ2n) is 4.51. The highest BCUT2D eigenvalue weighted by Crippen LogP contribution is 2.40. The van der Waals surface area contributed by atoms with Crippen LogP contribution >= 0.6 is 11.3 Å². The quantitative estimate of drug-likeness (QED) is 0.804. The van der Waals surface area contributed by atoms with Gasteiger partial charge in [0.2, 0.25) is 0 Å². The van der Waals surface area contributed by atoms with Crippen LogP contribution in [0.5, 0.6) is 0 Å². The van der Waals surface area contributed by atoms with Crippen LogP contribution in [0.15, 0.2) is 5.38 Å². The fourth-order valence-corrected chi connectivity index (χ4v) is 2.52. The van der Waals surface area contributed by atoms with Gasteiger partial charge in [-0.2, -0.15) is 0 Å². The lowest BCUT2D eigenvalue weighted by atomic mass is 10.3. The van der Waals surface area contributed by atoms with Gasteiger partial charge in [-0.25, -0.2) is 4.98 Å². The maximum atomic E-state index is 4.65. The lowest BCUT2D eigenvalue weighted by Crippen LogP contribution is -2.15. The molecule has 1 aromatic rings. The highest BCUT2D eigenvalue weighted by molar-refractivity contribution is 7.09. The predicted molar refractivity (Wildman–Crippen MR) is 58.5 cm³/mol. The molecule has 0 radical (unpaired) electrons. The zero-order chi connectivity index (χ0) is 9.38. The number of hydrogen-bond donors (Lipinski definition) is 1. The summed E-state index contributed by atoms with van der Waals surface area (Å²) < 4.78 is 0. The number of rotatable bonds is 5. The number of nitrogens with one attached hydrogen (secondary N) is 1. The van der Waals surface area contributed by atoms with Crippen molar-refractivity contribution in [3.05, 3.63) is 16.1 Å². The fraction of sp³-hybridized carbons (Fsp3) is 0.727. The summed E-state index contributed by atoms with van der Waals surface area (Å²) in [7, 11) is 0. The zero-order valence-electron chi connectivity index (χ0n) is 8.33. The van der Waals surface area contributed by atoms with Crippen LogP contribution < -0.4 is 5.32 Å². The second kappa shape index (κ2) is 3.63. The van der Waals surface area contributed by atoms with Crippen LogP contribution in [0.4, 0.5) is 0 Å². The van der Waals surface area contributed by atoms with Gasteiger partial charge < -0.3 is 5.32 Å². The Morgan fingerprint density at radius 2 is 2.21 bits per heavy atom. The maximum absolute atomic E-state index is 4.65. The molecular weight excluding hydrogens is 192 g/mol. The molecule has 14 heavy (non-hydrogen) atoms. The Labute approximate surface area is 88.7 Å². The Morgan fingerprint density at radius 3 is 2.93 bits per heavy atom. The van der Waals surface area contributed by atoms with Gasteiger partial charge in [0.15, 0.2) is 0 Å². The molecule has 0 atom stereocenters. The van der Waals surface area contributed by atoms with Crippen molar-refractivity contribution in [1.29, 1.82) is 0 Å². The Balaban J connectivity index is 1.49. The molecule has 2 aliphatic carbocycles. The summed E-state index contributed by atoms with van der Waals surface area (Å²) in [4.78, 5) is 4.65. The molecular formula is C11H16N2S. The first-order valence-electron chi connectivity index (χ1n) is 5.57. The average molecular weight is 208 g/mol. The molecule has 0 amide bonds. The van der Waals surface area contributed by atoms with Gasteiger partial charge in [0.05, 0.1) is 5.69 Å². The van der Waals surface area contributed by atoms with E-state index in [0.29, 0.717) is 0 Å². The van der Waals surface area contributed by atoms with Crippen molar-refractivity contribution in [3.8, 4) is 0 Å². The van der Waals surface area contributed by atoms with Gasteiger partial charge in [0.1, 0.15) is 5.01 Å². The SMILES string of the molecule is c1sc(CNCC2CC2)nc1C1CC1. The van der Waals surface area contributed by atoms with E-state index in [9.17, 15) is 0 Å². The molecule has 0 spiro atoms. The van der Waals surface area contributed by atoms with E-state index in [0.717, 1.165) is 18.4 Å². The van der Waals surface area contributed by atoms with Crippen molar-refractivity contribution in [2.24, 2.45) is 5.92 Å². The highest BCUT2D eigenvalue weighted by Gasteiger charge is 2.26. The summed E-state index contributed by atoms with van der Waals surface area (Å²) in [6.07, 6.45) is 5.58. The molecule has 2 aliphatic rings. The molecule has 2 fully saturated rings. The lowest BCUT2D eigenvalue weighted by Gasteiger charge is -1.98. The first-order valence-corrected chi connectivity index (χ1v) is 6.45. The van der Waals surface area contributed by atoms with E-state index in [1.807, 2.05) is 11.3 Å². The van der Waals surface area contributed by atoms with Crippen LogP contribution in [-0.4, -0.2) is 11.5 Å². The number of thiazole rings is 1. The standard InChI is InChI=1S/C11H16N2S/c1-2-8(1)5-12-6-11-13-10(7-14-11)9-3-4-9/h7-9,12H,1-6H2. The van der Waals surface area contributed by atoms with Crippen LogP contribution in [0.3, 0.4) is 0 Å². The van der Waals surface area contributed by atoms with E-state index in [1.165, 1.54) is 42.9 Å². The van der Waals surface area contributed by atoms with Gasteiger partial charge in [0, 0.05) is 17.8 Å². The first-order chi connectivity index (χ1) is 6.92. The van der Waals surface area contributed by atoms with Crippen LogP contribution in [-0.2, 0) is 6.54 Å². The van der Waals surface area contributed by atoms with Crippen molar-refractivity contribution in [1.82, 2.24) is 10.3 Å². The molecule has 3 heteroatoms. The molecule has 2 saturated carbocycles. The molecule has 2 nitrogen and oxygen atoms in total. The summed E-state index contributed by atoms with van der Waals surface area (Å²) in [5.41, 5.74) is 1.35. The minimum atomic E-state index is 0.809. The molecule has 0 aliphatic heterocycles. The first kappa shape index (κ1) is 8.86. The van der Waals surface area contributed by atoms with Gasteiger partial charge >= 0.3 is 0 Å². The Hall–Kier alpha value is -0.410. The average Bonchev–Trinajstić information content (AvgIpc) is 3.07. The molecule has 3 rings (SSSR count). The van der Waals surface area contributed by atoms with Crippen molar-refractivity contribution >= 4 is 11.3 Å². The van der Waals surface area contributed by atoms with Crippen LogP contribution in [0, 0.1) is 5.92 Å². The van der Waals surface area contributed by atoms with Crippen LogP contribution in [0.25, 0.3) is 0 Å². The maximum Gasteiger partial charge on any atom is 0.107 e. The molecule has 0 saturated heterocycles. The van der Waals surface area contributed by atoms with Gasteiger partial charge in [-0.15, -0.1) is 11.3 Å². The highest BCUT2D eigenvalue weighted by atomic mass is 32.1. The van der Waals surface area contributed by atoms with E-state index in [1.54, 1.807) is 0 Å². The molecule has 0 bridgehead atoms. The Kier molecular flexibility index (Phi) is 2.30. The summed E-state index contributed by atoms with van der Waals surface area (Å²) in [5.74, 6) is 1.78. The third-order valence-electron chi connectivity index (χ3n) is 2.97. The van der Waals surface area contributed by atoms with Crippen LogP contribution in [0.1, 0.15) is 42.3 Å². The topological polar surface area (TPSA) is 24.9 Å². The van der Waals surface area contributed by atoms with E-state index >= 15 is 0 Å². The summed E-state index contributed by atoms with van der Waals surface area (Å²) >= 11 is 1.82. The van der Waals surface area contributed by atoms with Gasteiger partial charge in [-0.1, -0.05) is 0 Å². The Morgan fingerprint density at radius 1 is 1.36 bits per heavy atom. The van der Waals surface area contributed by atoms with E-state index in [2.05, 4.69) is 15.7 Å². The summed E-state index contributed by atoms with van der Waals surface area (Å²) in [6, 6.07) is 0. The van der Waals surface area contributed by atoms with Crippen molar-refractivity contribution in [2.75, 3.05) is 6.54 Å². The van der Waals surface area contributed by atoms with E-state index in [-0.39, 0.29) is 0 Å². The normalized spacial score (nSPS) is 21.4. The molecule has 0 unspecified atom stereocenters. The molecule has 1 N–H and O–H groups in total. The third-order valence-corrected chi connectivity index (χ3v) is 3.84. The van der Waals surface area contributed by atoms with Crippen molar-refractivity contribution in [3.63, 3.8) is 0 Å². The fourth-order valence-electron chi connectivity index (χ4n) is 1.68. The zero-order valence-corrected chi connectivity index (χ0v) is 9.15. The monoisotopic (exact) mass is 208 g/mol. The minimum Gasteiger partial charge on any atom is -0.310 e. The van der Waals surface area contributed by atoms with Gasteiger partial charge in [-0.3, -0.25) is 0 Å². The minimum absolute atomic E-state index is 0.809. The third kappa shape index (κ3) is 2.15. The van der Waals surface area contributed by atoms with Crippen molar-refractivity contribution < 1.29 is 0 Å². The molecule has 76 valence electrons. The van der Waals surface area contributed by atoms with Crippen molar-refractivity contribution in [2.45, 2.75) is 38.1 Å². The summed E-state index contributed by atoms with van der Waals surface area (Å²) in [6.45, 7) is 2.17. The smallest absolute Gasteiger partial charge is 0.107 e. The van der Waals surface area contributed by atoms with Gasteiger partial charge in [-0.05, 0) is 38.1 Å². The molecule has 1 heterocycles. The Bertz CT molecular complexity index is 313. The number of nitrogens with zero attached hydrogens (tertiary/aromatic N) is 1. The van der Waals surface area contributed by atoms with E-state index < -0.39 is 0 Å². The number of hydrogen-bond acceptors (Lipinski definition) is 3. The van der Waals surface area contributed by atoms with Crippen LogP contribution in [0.2, 0.25) is 0 Å². The largest absolute Gasteiger partial charge is 0.310 e. The van der Waals surface area contributed by atoms with Gasteiger partial charge in [0.25, 0.3) is 0 Å². The van der Waals surface area contributed by atoms with E-state index in [4.69, 9.17) is 0 Å². The number of aromatic nitrogens is 1.